The van der Waals surface area contributed by atoms with Crippen LogP contribution in [0.15, 0.2) is 52.2 Å². The smallest absolute Gasteiger partial charge is 0.258 e. The summed E-state index contributed by atoms with van der Waals surface area (Å²) < 4.78 is 25.7. The normalized spacial score (nSPS) is 11.9. The average Bonchev–Trinajstić information content (AvgIpc) is 2.69. The minimum atomic E-state index is -3.67. The lowest BCUT2D eigenvalue weighted by molar-refractivity contribution is -0.117. The highest BCUT2D eigenvalue weighted by Gasteiger charge is 2.19. The van der Waals surface area contributed by atoms with Gasteiger partial charge in [0.1, 0.15) is 5.82 Å². The first-order valence-corrected chi connectivity index (χ1v) is 11.1. The predicted octanol–water partition coefficient (Wildman–Crippen LogP) is 1.90. The Balaban J connectivity index is 1.70. The number of sulfonamides is 1. The summed E-state index contributed by atoms with van der Waals surface area (Å²) in [6, 6.07) is 11.1. The first-order chi connectivity index (χ1) is 14.6. The first kappa shape index (κ1) is 22.9. The summed E-state index contributed by atoms with van der Waals surface area (Å²) >= 11 is 6.12. The SMILES string of the molecule is CN(CC(=O)Nc1cc(S(=O)(=O)N(C)C)ccc1Cl)Cc1nc2ccccc2c(=O)[nH]1. The second-order valence-electron chi connectivity index (χ2n) is 7.18. The van der Waals surface area contributed by atoms with Crippen LogP contribution in [0.25, 0.3) is 10.9 Å². The Morgan fingerprint density at radius 1 is 1.16 bits per heavy atom. The highest BCUT2D eigenvalue weighted by Crippen LogP contribution is 2.26. The molecule has 2 N–H and O–H groups in total. The van der Waals surface area contributed by atoms with E-state index in [0.717, 1.165) is 4.31 Å². The van der Waals surface area contributed by atoms with Crippen LogP contribution in [0.3, 0.4) is 0 Å². The Labute approximate surface area is 184 Å². The van der Waals surface area contributed by atoms with Gasteiger partial charge in [0.25, 0.3) is 5.56 Å². The molecule has 0 saturated carbocycles. The van der Waals surface area contributed by atoms with Crippen molar-refractivity contribution < 1.29 is 13.2 Å². The van der Waals surface area contributed by atoms with Crippen molar-refractivity contribution >= 4 is 44.1 Å². The van der Waals surface area contributed by atoms with E-state index < -0.39 is 15.9 Å². The predicted molar refractivity (Wildman–Crippen MR) is 120 cm³/mol. The van der Waals surface area contributed by atoms with Gasteiger partial charge in [0.05, 0.1) is 39.6 Å². The molecule has 0 fully saturated rings. The molecule has 0 aliphatic carbocycles. The average molecular weight is 464 g/mol. The number of carbonyl (C=O) groups excluding carboxylic acids is 1. The second-order valence-corrected chi connectivity index (χ2v) is 9.74. The highest BCUT2D eigenvalue weighted by molar-refractivity contribution is 7.89. The van der Waals surface area contributed by atoms with Crippen LogP contribution in [0, 0.1) is 0 Å². The molecule has 11 heteroatoms. The summed E-state index contributed by atoms with van der Waals surface area (Å²) in [5.74, 6) is 0.0306. The molecule has 1 aromatic heterocycles. The zero-order chi connectivity index (χ0) is 22.8. The first-order valence-electron chi connectivity index (χ1n) is 9.26. The maximum atomic E-state index is 12.5. The van der Waals surface area contributed by atoms with Gasteiger partial charge in [-0.3, -0.25) is 14.5 Å². The number of hydrogen-bond acceptors (Lipinski definition) is 6. The Morgan fingerprint density at radius 2 is 1.87 bits per heavy atom. The zero-order valence-electron chi connectivity index (χ0n) is 17.2. The number of nitrogens with zero attached hydrogens (tertiary/aromatic N) is 3. The van der Waals surface area contributed by atoms with Gasteiger partial charge in [0.15, 0.2) is 0 Å². The van der Waals surface area contributed by atoms with Gasteiger partial charge in [-0.05, 0) is 37.4 Å². The number of amides is 1. The number of aromatic nitrogens is 2. The lowest BCUT2D eigenvalue weighted by Crippen LogP contribution is -2.31. The lowest BCUT2D eigenvalue weighted by atomic mass is 10.2. The van der Waals surface area contributed by atoms with Crippen molar-refractivity contribution in [2.45, 2.75) is 11.4 Å². The molecule has 0 radical (unpaired) electrons. The Hall–Kier alpha value is -2.79. The molecule has 31 heavy (non-hydrogen) atoms. The molecule has 0 unspecified atom stereocenters. The van der Waals surface area contributed by atoms with Crippen LogP contribution in [-0.4, -0.2) is 61.2 Å². The number of aromatic amines is 1. The lowest BCUT2D eigenvalue weighted by Gasteiger charge is -2.17. The van der Waals surface area contributed by atoms with Gasteiger partial charge in [-0.25, -0.2) is 17.7 Å². The monoisotopic (exact) mass is 463 g/mol. The van der Waals surface area contributed by atoms with Gasteiger partial charge in [0.2, 0.25) is 15.9 Å². The number of rotatable bonds is 7. The fourth-order valence-electron chi connectivity index (χ4n) is 2.93. The van der Waals surface area contributed by atoms with Gasteiger partial charge in [-0.1, -0.05) is 23.7 Å². The standard InChI is InChI=1S/C20H22ClN5O4S/c1-25(2)31(29,30)13-8-9-15(21)17(10-13)23-19(27)12-26(3)11-18-22-16-7-5-4-6-14(16)20(28)24-18/h4-10H,11-12H2,1-3H3,(H,23,27)(H,22,24,28). The van der Waals surface area contributed by atoms with E-state index in [2.05, 4.69) is 15.3 Å². The number of para-hydroxylation sites is 1. The molecule has 0 atom stereocenters. The van der Waals surface area contributed by atoms with Crippen molar-refractivity contribution in [3.63, 3.8) is 0 Å². The van der Waals surface area contributed by atoms with E-state index in [4.69, 9.17) is 11.6 Å². The van der Waals surface area contributed by atoms with Gasteiger partial charge in [0, 0.05) is 14.1 Å². The molecular formula is C20H22ClN5O4S. The number of halogens is 1. The van der Waals surface area contributed by atoms with Crippen LogP contribution in [0.5, 0.6) is 0 Å². The summed E-state index contributed by atoms with van der Waals surface area (Å²) in [4.78, 5) is 33.5. The van der Waals surface area contributed by atoms with Gasteiger partial charge >= 0.3 is 0 Å². The Morgan fingerprint density at radius 3 is 2.58 bits per heavy atom. The van der Waals surface area contributed by atoms with Gasteiger partial charge < -0.3 is 10.3 Å². The number of fused-ring (bicyclic) bond motifs is 1. The highest BCUT2D eigenvalue weighted by atomic mass is 35.5. The Kier molecular flexibility index (Phi) is 6.75. The van der Waals surface area contributed by atoms with Crippen LogP contribution in [0.4, 0.5) is 5.69 Å². The van der Waals surface area contributed by atoms with E-state index in [1.54, 1.807) is 36.2 Å². The van der Waals surface area contributed by atoms with Crippen molar-refractivity contribution in [3.8, 4) is 0 Å². The van der Waals surface area contributed by atoms with Crippen molar-refractivity contribution in [3.05, 3.63) is 63.7 Å². The van der Waals surface area contributed by atoms with Gasteiger partial charge in [-0.15, -0.1) is 0 Å². The summed E-state index contributed by atoms with van der Waals surface area (Å²) in [5.41, 5.74) is 0.522. The molecule has 0 bridgehead atoms. The summed E-state index contributed by atoms with van der Waals surface area (Å²) in [6.07, 6.45) is 0. The van der Waals surface area contributed by atoms with E-state index in [1.807, 2.05) is 0 Å². The fraction of sp³-hybridized carbons (Fsp3) is 0.250. The molecule has 3 rings (SSSR count). The van der Waals surface area contributed by atoms with Crippen molar-refractivity contribution in [1.29, 1.82) is 0 Å². The van der Waals surface area contributed by atoms with Crippen molar-refractivity contribution in [2.24, 2.45) is 0 Å². The van der Waals surface area contributed by atoms with E-state index in [0.29, 0.717) is 16.7 Å². The number of H-pyrrole nitrogens is 1. The minimum Gasteiger partial charge on any atom is -0.324 e. The maximum absolute atomic E-state index is 12.5. The van der Waals surface area contributed by atoms with Crippen LogP contribution in [-0.2, 0) is 21.4 Å². The van der Waals surface area contributed by atoms with Crippen molar-refractivity contribution in [2.75, 3.05) is 33.0 Å². The second kappa shape index (κ2) is 9.15. The van der Waals surface area contributed by atoms with Crippen molar-refractivity contribution in [1.82, 2.24) is 19.2 Å². The number of likely N-dealkylation sites (N-methyl/N-ethyl adjacent to an activating group) is 1. The maximum Gasteiger partial charge on any atom is 0.258 e. The number of hydrogen-bond donors (Lipinski definition) is 2. The zero-order valence-corrected chi connectivity index (χ0v) is 18.8. The fourth-order valence-corrected chi connectivity index (χ4v) is 4.02. The number of anilines is 1. The Bertz CT molecular complexity index is 1290. The molecule has 0 saturated heterocycles. The number of carbonyl (C=O) groups is 1. The summed E-state index contributed by atoms with van der Waals surface area (Å²) in [5, 5.41) is 3.34. The molecule has 0 spiro atoms. The topological polar surface area (TPSA) is 115 Å². The third-order valence-corrected chi connectivity index (χ3v) is 6.63. The summed E-state index contributed by atoms with van der Waals surface area (Å²) in [7, 11) is 0.869. The molecule has 1 heterocycles. The number of nitrogens with one attached hydrogen (secondary N) is 2. The van der Waals surface area contributed by atoms with E-state index in [9.17, 15) is 18.0 Å². The molecule has 9 nitrogen and oxygen atoms in total. The molecular weight excluding hydrogens is 442 g/mol. The minimum absolute atomic E-state index is 0.0171. The molecule has 164 valence electrons. The molecule has 0 aliphatic heterocycles. The molecule has 1 amide bonds. The van der Waals surface area contributed by atoms with Crippen LogP contribution < -0.4 is 10.9 Å². The summed E-state index contributed by atoms with van der Waals surface area (Å²) in [6.45, 7) is 0.202. The van der Waals surface area contributed by atoms with Crippen LogP contribution in [0.2, 0.25) is 5.02 Å². The third kappa shape index (κ3) is 5.28. The van der Waals surface area contributed by atoms with Crippen LogP contribution >= 0.6 is 11.6 Å². The van der Waals surface area contributed by atoms with E-state index >= 15 is 0 Å². The van der Waals surface area contributed by atoms with Gasteiger partial charge in [-0.2, -0.15) is 0 Å². The molecule has 2 aromatic carbocycles. The molecule has 0 aliphatic rings. The largest absolute Gasteiger partial charge is 0.324 e. The number of benzene rings is 2. The quantitative estimate of drug-likeness (QED) is 0.553. The molecule has 3 aromatic rings. The van der Waals surface area contributed by atoms with Crippen LogP contribution in [0.1, 0.15) is 5.82 Å². The van der Waals surface area contributed by atoms with E-state index in [1.165, 1.54) is 32.3 Å². The van der Waals surface area contributed by atoms with E-state index in [-0.39, 0.29) is 34.3 Å². The third-order valence-electron chi connectivity index (χ3n) is 4.49.